The summed E-state index contributed by atoms with van der Waals surface area (Å²) in [7, 11) is 3.04. The number of halogens is 1. The number of amides is 2. The lowest BCUT2D eigenvalue weighted by Gasteiger charge is -2.36. The molecule has 25 heavy (non-hydrogen) atoms. The van der Waals surface area contributed by atoms with E-state index in [1.165, 1.54) is 25.0 Å². The number of ether oxygens (including phenoxy) is 2. The highest BCUT2D eigenvalue weighted by molar-refractivity contribution is 6.32. The molecule has 0 saturated heterocycles. The van der Waals surface area contributed by atoms with Gasteiger partial charge in [0.2, 0.25) is 0 Å². The molecule has 2 aromatic rings. The van der Waals surface area contributed by atoms with Gasteiger partial charge in [-0.25, -0.2) is 4.98 Å². The van der Waals surface area contributed by atoms with E-state index in [9.17, 15) is 9.59 Å². The third-order valence-corrected chi connectivity index (χ3v) is 4.23. The van der Waals surface area contributed by atoms with Crippen LogP contribution in [-0.2, 0) is 9.59 Å². The largest absolute Gasteiger partial charge is 0.495 e. The molecule has 1 aromatic carbocycles. The van der Waals surface area contributed by atoms with Gasteiger partial charge in [-0.15, -0.1) is 0 Å². The van der Waals surface area contributed by atoms with Crippen molar-refractivity contribution >= 4 is 34.9 Å². The molecule has 2 amide bonds. The van der Waals surface area contributed by atoms with Gasteiger partial charge in [0.05, 0.1) is 12.1 Å². The molecule has 8 heteroatoms. The fourth-order valence-corrected chi connectivity index (χ4v) is 2.79. The summed E-state index contributed by atoms with van der Waals surface area (Å²) in [4.78, 5) is 30.8. The maximum atomic E-state index is 12.7. The summed E-state index contributed by atoms with van der Waals surface area (Å²) in [5, 5.41) is 2.99. The molecular formula is C17H16ClN3O4. The lowest BCUT2D eigenvalue weighted by atomic mass is 10.0. The van der Waals surface area contributed by atoms with Crippen molar-refractivity contribution in [2.24, 2.45) is 0 Å². The summed E-state index contributed by atoms with van der Waals surface area (Å²) in [5.41, 5.74) is -1.30. The number of likely N-dealkylation sites (N-methyl/N-ethyl adjacent to an activating group) is 1. The molecule has 0 fully saturated rings. The number of benzene rings is 1. The molecule has 0 bridgehead atoms. The number of fused-ring (bicyclic) bond motifs is 1. The molecule has 3 rings (SSSR count). The Morgan fingerprint density at radius 1 is 1.40 bits per heavy atom. The summed E-state index contributed by atoms with van der Waals surface area (Å²) in [6.45, 7) is 1.42. The number of aromatic nitrogens is 1. The molecular weight excluding hydrogens is 346 g/mol. The minimum atomic E-state index is -1.73. The van der Waals surface area contributed by atoms with Crippen molar-refractivity contribution in [3.8, 4) is 11.5 Å². The first-order chi connectivity index (χ1) is 11.9. The molecule has 0 aliphatic carbocycles. The smallest absolute Gasteiger partial charge is 0.281 e. The standard InChI is InChI=1S/C17H16ClN3O4/c1-17(15(22)20-10-6-7-12(24-3)11(18)9-10)16(23)21(2)14-13(25-17)5-4-8-19-14/h4-9H,1-3H3,(H,20,22)/t17-/m1/s1. The van der Waals surface area contributed by atoms with Gasteiger partial charge < -0.3 is 14.8 Å². The van der Waals surface area contributed by atoms with Crippen molar-refractivity contribution in [3.05, 3.63) is 41.6 Å². The van der Waals surface area contributed by atoms with Gasteiger partial charge in [-0.2, -0.15) is 0 Å². The number of nitrogens with zero attached hydrogens (tertiary/aromatic N) is 2. The summed E-state index contributed by atoms with van der Waals surface area (Å²) in [5.74, 6) is 0.0757. The van der Waals surface area contributed by atoms with Crippen LogP contribution >= 0.6 is 11.6 Å². The van der Waals surface area contributed by atoms with E-state index >= 15 is 0 Å². The molecule has 2 heterocycles. The Kier molecular flexibility index (Phi) is 4.26. The van der Waals surface area contributed by atoms with Gasteiger partial charge in [0, 0.05) is 18.9 Å². The lowest BCUT2D eigenvalue weighted by Crippen LogP contribution is -2.60. The Hall–Kier alpha value is -2.80. The second-order valence-electron chi connectivity index (χ2n) is 5.63. The number of pyridine rings is 1. The highest BCUT2D eigenvalue weighted by Gasteiger charge is 2.50. The van der Waals surface area contributed by atoms with Crippen LogP contribution < -0.4 is 19.7 Å². The Morgan fingerprint density at radius 2 is 2.16 bits per heavy atom. The SMILES string of the molecule is COc1ccc(NC(=O)[C@@]2(C)Oc3cccnc3N(C)C2=O)cc1Cl. The van der Waals surface area contributed by atoms with Gasteiger partial charge in [-0.1, -0.05) is 11.6 Å². The maximum Gasteiger partial charge on any atom is 0.281 e. The highest BCUT2D eigenvalue weighted by atomic mass is 35.5. The quantitative estimate of drug-likeness (QED) is 0.849. The second kappa shape index (κ2) is 6.25. The number of rotatable bonds is 3. The van der Waals surface area contributed by atoms with Crippen LogP contribution in [-0.4, -0.2) is 36.6 Å². The zero-order valence-electron chi connectivity index (χ0n) is 13.9. The summed E-state index contributed by atoms with van der Waals surface area (Å²) >= 11 is 6.06. The van der Waals surface area contributed by atoms with Crippen molar-refractivity contribution in [1.29, 1.82) is 0 Å². The van der Waals surface area contributed by atoms with Gasteiger partial charge >= 0.3 is 0 Å². The number of hydrogen-bond acceptors (Lipinski definition) is 5. The minimum Gasteiger partial charge on any atom is -0.495 e. The zero-order chi connectivity index (χ0) is 18.2. The minimum absolute atomic E-state index is 0.341. The van der Waals surface area contributed by atoms with Crippen molar-refractivity contribution in [2.75, 3.05) is 24.4 Å². The fourth-order valence-electron chi connectivity index (χ4n) is 2.53. The molecule has 1 aliphatic rings. The van der Waals surface area contributed by atoms with Crippen LogP contribution in [0.25, 0.3) is 0 Å². The fraction of sp³-hybridized carbons (Fsp3) is 0.235. The molecule has 1 aromatic heterocycles. The summed E-state index contributed by atoms with van der Waals surface area (Å²) < 4.78 is 10.8. The summed E-state index contributed by atoms with van der Waals surface area (Å²) in [6, 6.07) is 8.10. The highest BCUT2D eigenvalue weighted by Crippen LogP contribution is 2.36. The number of anilines is 2. The van der Waals surface area contributed by atoms with Crippen LogP contribution in [0.15, 0.2) is 36.5 Å². The van der Waals surface area contributed by atoms with Gasteiger partial charge in [0.1, 0.15) is 5.75 Å². The number of carbonyl (C=O) groups excluding carboxylic acids is 2. The number of hydrogen-bond donors (Lipinski definition) is 1. The molecule has 1 aliphatic heterocycles. The molecule has 130 valence electrons. The molecule has 0 unspecified atom stereocenters. The van der Waals surface area contributed by atoms with Crippen molar-refractivity contribution in [2.45, 2.75) is 12.5 Å². The molecule has 0 spiro atoms. The first-order valence-electron chi connectivity index (χ1n) is 7.44. The first kappa shape index (κ1) is 17.0. The first-order valence-corrected chi connectivity index (χ1v) is 7.82. The van der Waals surface area contributed by atoms with Crippen LogP contribution in [0.2, 0.25) is 5.02 Å². The number of nitrogens with one attached hydrogen (secondary N) is 1. The zero-order valence-corrected chi connectivity index (χ0v) is 14.6. The maximum absolute atomic E-state index is 12.7. The third kappa shape index (κ3) is 2.87. The van der Waals surface area contributed by atoms with E-state index in [1.807, 2.05) is 0 Å². The van der Waals surface area contributed by atoms with E-state index in [2.05, 4.69) is 10.3 Å². The van der Waals surface area contributed by atoms with Gasteiger partial charge in [-0.05, 0) is 37.3 Å². The van der Waals surface area contributed by atoms with Crippen LogP contribution in [0.4, 0.5) is 11.5 Å². The van der Waals surface area contributed by atoms with Crippen molar-refractivity contribution < 1.29 is 19.1 Å². The van der Waals surface area contributed by atoms with E-state index in [4.69, 9.17) is 21.1 Å². The van der Waals surface area contributed by atoms with Gasteiger partial charge in [0.25, 0.3) is 17.4 Å². The Morgan fingerprint density at radius 3 is 2.84 bits per heavy atom. The van der Waals surface area contributed by atoms with Crippen LogP contribution in [0.1, 0.15) is 6.92 Å². The van der Waals surface area contributed by atoms with E-state index < -0.39 is 17.4 Å². The van der Waals surface area contributed by atoms with Gasteiger partial charge in [0.15, 0.2) is 11.6 Å². The Balaban J connectivity index is 1.89. The van der Waals surface area contributed by atoms with Crippen LogP contribution in [0.3, 0.4) is 0 Å². The second-order valence-corrected chi connectivity index (χ2v) is 6.04. The Bertz CT molecular complexity index is 858. The van der Waals surface area contributed by atoms with E-state index in [0.29, 0.717) is 28.0 Å². The average molecular weight is 362 g/mol. The normalized spacial score (nSPS) is 19.0. The molecule has 1 atom stereocenters. The third-order valence-electron chi connectivity index (χ3n) is 3.94. The molecule has 0 radical (unpaired) electrons. The topological polar surface area (TPSA) is 80.8 Å². The summed E-state index contributed by atoms with van der Waals surface area (Å²) in [6.07, 6.45) is 1.55. The number of carbonyl (C=O) groups is 2. The Labute approximate surface area is 149 Å². The molecule has 7 nitrogen and oxygen atoms in total. The average Bonchev–Trinajstić information content (AvgIpc) is 2.60. The van der Waals surface area contributed by atoms with Gasteiger partial charge in [-0.3, -0.25) is 14.5 Å². The lowest BCUT2D eigenvalue weighted by molar-refractivity contribution is -0.145. The molecule has 1 N–H and O–H groups in total. The monoisotopic (exact) mass is 361 g/mol. The number of methoxy groups -OCH3 is 1. The van der Waals surface area contributed by atoms with E-state index in [0.717, 1.165) is 0 Å². The van der Waals surface area contributed by atoms with Crippen LogP contribution in [0, 0.1) is 0 Å². The predicted molar refractivity (Wildman–Crippen MR) is 93.3 cm³/mol. The van der Waals surface area contributed by atoms with E-state index in [-0.39, 0.29) is 0 Å². The molecule has 0 saturated carbocycles. The van der Waals surface area contributed by atoms with Crippen LogP contribution in [0.5, 0.6) is 11.5 Å². The van der Waals surface area contributed by atoms with Crippen molar-refractivity contribution in [1.82, 2.24) is 4.98 Å². The van der Waals surface area contributed by atoms with E-state index in [1.54, 1.807) is 37.5 Å². The van der Waals surface area contributed by atoms with Crippen molar-refractivity contribution in [3.63, 3.8) is 0 Å². The predicted octanol–water partition coefficient (Wildman–Crippen LogP) is 2.50.